The van der Waals surface area contributed by atoms with Gasteiger partial charge in [-0.25, -0.2) is 0 Å². The molecule has 0 amide bonds. The van der Waals surface area contributed by atoms with E-state index in [9.17, 15) is 0 Å². The second kappa shape index (κ2) is 4.93. The van der Waals surface area contributed by atoms with Crippen LogP contribution in [0.15, 0.2) is 18.2 Å². The van der Waals surface area contributed by atoms with Crippen LogP contribution < -0.4 is 10.6 Å². The predicted molar refractivity (Wildman–Crippen MR) is 68.1 cm³/mol. The van der Waals surface area contributed by atoms with E-state index in [0.717, 1.165) is 36.8 Å². The lowest BCUT2D eigenvalue weighted by Crippen LogP contribution is -2.21. The first-order valence-corrected chi connectivity index (χ1v) is 5.87. The number of anilines is 2. The SMILES string of the molecule is COCC1CCN(c2ccc(N)cc2Cl)C1. The fraction of sp³-hybridized carbons (Fsp3) is 0.500. The van der Waals surface area contributed by atoms with Crippen molar-refractivity contribution < 1.29 is 4.74 Å². The average molecular weight is 241 g/mol. The summed E-state index contributed by atoms with van der Waals surface area (Å²) in [5, 5.41) is 0.734. The van der Waals surface area contributed by atoms with Crippen LogP contribution in [0.25, 0.3) is 0 Å². The van der Waals surface area contributed by atoms with E-state index in [1.807, 2.05) is 12.1 Å². The van der Waals surface area contributed by atoms with E-state index in [4.69, 9.17) is 22.1 Å². The molecule has 0 aliphatic carbocycles. The van der Waals surface area contributed by atoms with Crippen LogP contribution in [-0.4, -0.2) is 26.8 Å². The first-order valence-electron chi connectivity index (χ1n) is 5.49. The van der Waals surface area contributed by atoms with Crippen molar-refractivity contribution in [2.45, 2.75) is 6.42 Å². The van der Waals surface area contributed by atoms with E-state index >= 15 is 0 Å². The number of benzene rings is 1. The van der Waals surface area contributed by atoms with Gasteiger partial charge in [0.1, 0.15) is 0 Å². The molecule has 0 radical (unpaired) electrons. The van der Waals surface area contributed by atoms with E-state index in [1.54, 1.807) is 13.2 Å². The lowest BCUT2D eigenvalue weighted by Gasteiger charge is -2.20. The number of methoxy groups -OCH3 is 1. The Labute approximate surface area is 101 Å². The molecule has 0 bridgehead atoms. The highest BCUT2D eigenvalue weighted by atomic mass is 35.5. The van der Waals surface area contributed by atoms with Gasteiger partial charge in [-0.05, 0) is 24.6 Å². The van der Waals surface area contributed by atoms with Crippen molar-refractivity contribution in [1.29, 1.82) is 0 Å². The summed E-state index contributed by atoms with van der Waals surface area (Å²) >= 11 is 6.18. The molecule has 1 aromatic carbocycles. The smallest absolute Gasteiger partial charge is 0.0660 e. The Morgan fingerprint density at radius 1 is 1.56 bits per heavy atom. The van der Waals surface area contributed by atoms with Crippen molar-refractivity contribution in [3.63, 3.8) is 0 Å². The molecule has 3 nitrogen and oxygen atoms in total. The minimum Gasteiger partial charge on any atom is -0.399 e. The Morgan fingerprint density at radius 3 is 3.06 bits per heavy atom. The van der Waals surface area contributed by atoms with Crippen molar-refractivity contribution in [2.24, 2.45) is 5.92 Å². The zero-order valence-corrected chi connectivity index (χ0v) is 10.2. The fourth-order valence-electron chi connectivity index (χ4n) is 2.20. The largest absolute Gasteiger partial charge is 0.399 e. The molecule has 2 rings (SSSR count). The van der Waals surface area contributed by atoms with Crippen LogP contribution in [0.1, 0.15) is 6.42 Å². The number of hydrogen-bond acceptors (Lipinski definition) is 3. The lowest BCUT2D eigenvalue weighted by molar-refractivity contribution is 0.161. The molecule has 1 fully saturated rings. The summed E-state index contributed by atoms with van der Waals surface area (Å²) < 4.78 is 5.18. The van der Waals surface area contributed by atoms with Gasteiger partial charge in [-0.2, -0.15) is 0 Å². The van der Waals surface area contributed by atoms with Crippen LogP contribution >= 0.6 is 11.6 Å². The summed E-state index contributed by atoms with van der Waals surface area (Å²) in [6.07, 6.45) is 1.16. The molecule has 0 spiro atoms. The van der Waals surface area contributed by atoms with Gasteiger partial charge in [0.25, 0.3) is 0 Å². The first-order chi connectivity index (χ1) is 7.70. The van der Waals surface area contributed by atoms with E-state index in [1.165, 1.54) is 0 Å². The average Bonchev–Trinajstić information content (AvgIpc) is 2.67. The Kier molecular flexibility index (Phi) is 3.56. The number of rotatable bonds is 3. The van der Waals surface area contributed by atoms with Crippen molar-refractivity contribution >= 4 is 23.0 Å². The molecule has 0 saturated carbocycles. The first kappa shape index (κ1) is 11.6. The minimum atomic E-state index is 0.610. The normalized spacial score (nSPS) is 20.4. The molecule has 4 heteroatoms. The Balaban J connectivity index is 2.08. The Bertz CT molecular complexity index is 370. The highest BCUT2D eigenvalue weighted by Crippen LogP contribution is 2.31. The molecule has 2 N–H and O–H groups in total. The molecule has 1 atom stereocenters. The van der Waals surface area contributed by atoms with Gasteiger partial charge >= 0.3 is 0 Å². The summed E-state index contributed by atoms with van der Waals surface area (Å²) in [6, 6.07) is 5.69. The number of ether oxygens (including phenoxy) is 1. The van der Waals surface area contributed by atoms with E-state index in [0.29, 0.717) is 11.6 Å². The van der Waals surface area contributed by atoms with Crippen LogP contribution in [0.2, 0.25) is 5.02 Å². The quantitative estimate of drug-likeness (QED) is 0.825. The second-order valence-electron chi connectivity index (χ2n) is 4.27. The van der Waals surface area contributed by atoms with Crippen LogP contribution in [0, 0.1) is 5.92 Å². The topological polar surface area (TPSA) is 38.5 Å². The molecule has 1 unspecified atom stereocenters. The molecular formula is C12H17ClN2O. The van der Waals surface area contributed by atoms with Crippen molar-refractivity contribution in [3.05, 3.63) is 23.2 Å². The Morgan fingerprint density at radius 2 is 2.38 bits per heavy atom. The maximum absolute atomic E-state index is 6.18. The molecular weight excluding hydrogens is 224 g/mol. The fourth-order valence-corrected chi connectivity index (χ4v) is 2.51. The highest BCUT2D eigenvalue weighted by molar-refractivity contribution is 6.33. The number of hydrogen-bond donors (Lipinski definition) is 1. The van der Waals surface area contributed by atoms with E-state index in [2.05, 4.69) is 4.90 Å². The third-order valence-electron chi connectivity index (χ3n) is 3.00. The van der Waals surface area contributed by atoms with Crippen LogP contribution in [-0.2, 0) is 4.74 Å². The zero-order chi connectivity index (χ0) is 11.5. The lowest BCUT2D eigenvalue weighted by atomic mass is 10.1. The predicted octanol–water partition coefficient (Wildman–Crippen LogP) is 2.39. The van der Waals surface area contributed by atoms with Crippen LogP contribution in [0.4, 0.5) is 11.4 Å². The van der Waals surface area contributed by atoms with E-state index in [-0.39, 0.29) is 0 Å². The molecule has 1 saturated heterocycles. The summed E-state index contributed by atoms with van der Waals surface area (Å²) in [4.78, 5) is 2.30. The summed E-state index contributed by atoms with van der Waals surface area (Å²) in [6.45, 7) is 2.87. The molecule has 0 aromatic heterocycles. The molecule has 1 aliphatic heterocycles. The highest BCUT2D eigenvalue weighted by Gasteiger charge is 2.23. The maximum atomic E-state index is 6.18. The van der Waals surface area contributed by atoms with Gasteiger partial charge in [-0.1, -0.05) is 11.6 Å². The summed E-state index contributed by atoms with van der Waals surface area (Å²) in [7, 11) is 1.75. The number of halogens is 1. The van der Waals surface area contributed by atoms with Crippen LogP contribution in [0.3, 0.4) is 0 Å². The second-order valence-corrected chi connectivity index (χ2v) is 4.67. The third-order valence-corrected chi connectivity index (χ3v) is 3.30. The number of nitrogen functional groups attached to an aromatic ring is 1. The molecule has 88 valence electrons. The van der Waals surface area contributed by atoms with Gasteiger partial charge in [0.2, 0.25) is 0 Å². The van der Waals surface area contributed by atoms with Gasteiger partial charge in [-0.3, -0.25) is 0 Å². The van der Waals surface area contributed by atoms with Gasteiger partial charge in [0.15, 0.2) is 0 Å². The molecule has 1 aliphatic rings. The summed E-state index contributed by atoms with van der Waals surface area (Å²) in [5.74, 6) is 0.610. The monoisotopic (exact) mass is 240 g/mol. The van der Waals surface area contributed by atoms with Crippen molar-refractivity contribution in [2.75, 3.05) is 37.4 Å². The minimum absolute atomic E-state index is 0.610. The Hall–Kier alpha value is -0.930. The van der Waals surface area contributed by atoms with Gasteiger partial charge < -0.3 is 15.4 Å². The van der Waals surface area contributed by atoms with Gasteiger partial charge in [0.05, 0.1) is 17.3 Å². The zero-order valence-electron chi connectivity index (χ0n) is 9.45. The molecule has 16 heavy (non-hydrogen) atoms. The number of nitrogens with zero attached hydrogens (tertiary/aromatic N) is 1. The molecule has 1 heterocycles. The summed E-state index contributed by atoms with van der Waals surface area (Å²) in [5.41, 5.74) is 7.47. The maximum Gasteiger partial charge on any atom is 0.0660 e. The third kappa shape index (κ3) is 2.42. The standard InChI is InChI=1S/C12H17ClN2O/c1-16-8-9-4-5-15(7-9)12-3-2-10(14)6-11(12)13/h2-3,6,9H,4-5,7-8,14H2,1H3. The molecule has 1 aromatic rings. The van der Waals surface area contributed by atoms with Crippen molar-refractivity contribution in [1.82, 2.24) is 0 Å². The van der Waals surface area contributed by atoms with Crippen LogP contribution in [0.5, 0.6) is 0 Å². The number of nitrogens with two attached hydrogens (primary N) is 1. The van der Waals surface area contributed by atoms with E-state index < -0.39 is 0 Å². The van der Waals surface area contributed by atoms with Gasteiger partial charge in [0, 0.05) is 31.8 Å². The van der Waals surface area contributed by atoms with Crippen molar-refractivity contribution in [3.8, 4) is 0 Å². The van der Waals surface area contributed by atoms with Gasteiger partial charge in [-0.15, -0.1) is 0 Å².